The molecule has 0 saturated carbocycles. The molecule has 1 atom stereocenters. The number of hydrogen-bond acceptors (Lipinski definition) is 6. The van der Waals surface area contributed by atoms with Crippen LogP contribution in [0.2, 0.25) is 0 Å². The van der Waals surface area contributed by atoms with E-state index in [0.717, 1.165) is 23.1 Å². The van der Waals surface area contributed by atoms with Gasteiger partial charge in [-0.1, -0.05) is 0 Å². The highest BCUT2D eigenvalue weighted by Gasteiger charge is 2.45. The third kappa shape index (κ3) is 7.27. The highest BCUT2D eigenvalue weighted by Crippen LogP contribution is 2.37. The zero-order valence-electron chi connectivity index (χ0n) is 22.7. The van der Waals surface area contributed by atoms with Gasteiger partial charge in [0.25, 0.3) is 11.8 Å². The summed E-state index contributed by atoms with van der Waals surface area (Å²) in [5, 5.41) is 2.41. The molecule has 3 aromatic rings. The molecule has 2 saturated heterocycles. The summed E-state index contributed by atoms with van der Waals surface area (Å²) < 4.78 is 102. The quantitative estimate of drug-likeness (QED) is 0.372. The van der Waals surface area contributed by atoms with Crippen molar-refractivity contribution in [2.24, 2.45) is 0 Å². The Morgan fingerprint density at radius 1 is 1.00 bits per heavy atom. The fourth-order valence-corrected chi connectivity index (χ4v) is 4.57. The summed E-state index contributed by atoms with van der Waals surface area (Å²) >= 11 is 0. The number of benzene rings is 2. The maximum absolute atomic E-state index is 14.4. The number of pyridine rings is 1. The molecule has 3 heterocycles. The van der Waals surface area contributed by atoms with Crippen LogP contribution in [0.25, 0.3) is 0 Å². The van der Waals surface area contributed by atoms with Gasteiger partial charge in [-0.05, 0) is 36.4 Å². The molecular formula is C28H25F7N4O4. The van der Waals surface area contributed by atoms with Crippen LogP contribution in [0, 0.1) is 17.5 Å². The number of amides is 2. The van der Waals surface area contributed by atoms with Gasteiger partial charge in [0, 0.05) is 49.2 Å². The Morgan fingerprint density at radius 2 is 1.63 bits per heavy atom. The van der Waals surface area contributed by atoms with Gasteiger partial charge in [-0.25, -0.2) is 26.9 Å². The number of carbonyl (C=O) groups is 2. The molecular weight excluding hydrogens is 589 g/mol. The third-order valence-corrected chi connectivity index (χ3v) is 6.63. The second kappa shape index (κ2) is 12.8. The molecule has 0 spiro atoms. The van der Waals surface area contributed by atoms with E-state index in [1.165, 1.54) is 49.4 Å². The Labute approximate surface area is 241 Å². The zero-order chi connectivity index (χ0) is 31.5. The number of nitrogens with zero attached hydrogens (tertiary/aromatic N) is 3. The number of rotatable bonds is 7. The van der Waals surface area contributed by atoms with Crippen LogP contribution in [0.4, 0.5) is 42.4 Å². The topological polar surface area (TPSA) is 84.0 Å². The molecule has 15 heteroatoms. The SMILES string of the molecule is CNC(=O)c1ccc(OC(F)F)cc1.COc1cc(F)c(C2CC(=O)N(c3nc(N4CC(F)(F)C4)ccc3F)C2)c(F)c1. The lowest BCUT2D eigenvalue weighted by molar-refractivity contribution is -0.117. The fourth-order valence-electron chi connectivity index (χ4n) is 4.57. The van der Waals surface area contributed by atoms with E-state index in [1.54, 1.807) is 0 Å². The van der Waals surface area contributed by atoms with Crippen molar-refractivity contribution in [2.45, 2.75) is 24.9 Å². The van der Waals surface area contributed by atoms with Crippen LogP contribution in [0.1, 0.15) is 28.3 Å². The summed E-state index contributed by atoms with van der Waals surface area (Å²) in [6, 6.07) is 9.75. The first-order valence-electron chi connectivity index (χ1n) is 12.7. The van der Waals surface area contributed by atoms with E-state index in [1.807, 2.05) is 0 Å². The molecule has 43 heavy (non-hydrogen) atoms. The van der Waals surface area contributed by atoms with Crippen LogP contribution in [0.15, 0.2) is 48.5 Å². The van der Waals surface area contributed by atoms with Crippen molar-refractivity contribution in [3.05, 3.63) is 77.1 Å². The van der Waals surface area contributed by atoms with Gasteiger partial charge in [0.2, 0.25) is 5.91 Å². The summed E-state index contributed by atoms with van der Waals surface area (Å²) in [4.78, 5) is 29.7. The monoisotopic (exact) mass is 614 g/mol. The second-order valence-electron chi connectivity index (χ2n) is 9.58. The van der Waals surface area contributed by atoms with E-state index >= 15 is 0 Å². The first-order valence-corrected chi connectivity index (χ1v) is 12.7. The minimum Gasteiger partial charge on any atom is -0.497 e. The molecule has 2 amide bonds. The molecule has 1 aromatic heterocycles. The van der Waals surface area contributed by atoms with Crippen molar-refractivity contribution in [1.29, 1.82) is 0 Å². The smallest absolute Gasteiger partial charge is 0.387 e. The average molecular weight is 615 g/mol. The lowest BCUT2D eigenvalue weighted by Gasteiger charge is -2.39. The maximum atomic E-state index is 14.4. The molecule has 2 fully saturated rings. The number of alkyl halides is 4. The third-order valence-electron chi connectivity index (χ3n) is 6.63. The number of methoxy groups -OCH3 is 1. The van der Waals surface area contributed by atoms with Crippen LogP contribution >= 0.6 is 0 Å². The van der Waals surface area contributed by atoms with Gasteiger partial charge >= 0.3 is 6.61 Å². The van der Waals surface area contributed by atoms with Crippen molar-refractivity contribution in [3.8, 4) is 11.5 Å². The zero-order valence-corrected chi connectivity index (χ0v) is 22.7. The summed E-state index contributed by atoms with van der Waals surface area (Å²) in [6.07, 6.45) is -0.243. The summed E-state index contributed by atoms with van der Waals surface area (Å²) in [6.45, 7) is -4.14. The minimum absolute atomic E-state index is 0.00306. The maximum Gasteiger partial charge on any atom is 0.387 e. The van der Waals surface area contributed by atoms with E-state index in [4.69, 9.17) is 4.74 Å². The number of halogens is 7. The Balaban J connectivity index is 0.000000255. The van der Waals surface area contributed by atoms with Crippen molar-refractivity contribution in [1.82, 2.24) is 10.3 Å². The molecule has 0 aliphatic carbocycles. The van der Waals surface area contributed by atoms with Crippen molar-refractivity contribution >= 4 is 23.5 Å². The molecule has 1 N–H and O–H groups in total. The van der Waals surface area contributed by atoms with Gasteiger partial charge in [0.05, 0.1) is 20.2 Å². The molecule has 8 nitrogen and oxygen atoms in total. The number of anilines is 2. The lowest BCUT2D eigenvalue weighted by Crippen LogP contribution is -2.56. The van der Waals surface area contributed by atoms with Crippen LogP contribution in [0.5, 0.6) is 11.5 Å². The van der Waals surface area contributed by atoms with E-state index in [2.05, 4.69) is 15.0 Å². The summed E-state index contributed by atoms with van der Waals surface area (Å²) in [5.74, 6) is -7.31. The van der Waals surface area contributed by atoms with Crippen molar-refractivity contribution < 1.29 is 49.8 Å². The Hall–Kier alpha value is -4.56. The largest absolute Gasteiger partial charge is 0.497 e. The van der Waals surface area contributed by atoms with Crippen LogP contribution in [-0.4, -0.2) is 63.1 Å². The highest BCUT2D eigenvalue weighted by molar-refractivity contribution is 5.96. The molecule has 2 aliphatic rings. The Morgan fingerprint density at radius 3 is 2.16 bits per heavy atom. The average Bonchev–Trinajstić information content (AvgIpc) is 3.32. The number of nitrogens with one attached hydrogen (secondary N) is 1. The van der Waals surface area contributed by atoms with Gasteiger partial charge in [-0.15, -0.1) is 0 Å². The van der Waals surface area contributed by atoms with Crippen molar-refractivity contribution in [2.75, 3.05) is 43.6 Å². The number of carbonyl (C=O) groups excluding carboxylic acids is 2. The van der Waals surface area contributed by atoms with E-state index in [-0.39, 0.29) is 47.6 Å². The second-order valence-corrected chi connectivity index (χ2v) is 9.58. The molecule has 1 unspecified atom stereocenters. The van der Waals surface area contributed by atoms with Gasteiger partial charge in [0.1, 0.15) is 29.0 Å². The minimum atomic E-state index is -2.85. The van der Waals surface area contributed by atoms with Gasteiger partial charge < -0.3 is 19.7 Å². The lowest BCUT2D eigenvalue weighted by atomic mass is 9.97. The van der Waals surface area contributed by atoms with Gasteiger partial charge in [0.15, 0.2) is 11.6 Å². The molecule has 2 aromatic carbocycles. The summed E-state index contributed by atoms with van der Waals surface area (Å²) in [7, 11) is 2.76. The summed E-state index contributed by atoms with van der Waals surface area (Å²) in [5.41, 5.74) is 0.106. The van der Waals surface area contributed by atoms with Gasteiger partial charge in [-0.2, -0.15) is 8.78 Å². The van der Waals surface area contributed by atoms with Crippen LogP contribution in [-0.2, 0) is 4.79 Å². The molecule has 0 radical (unpaired) electrons. The number of aromatic nitrogens is 1. The van der Waals surface area contributed by atoms with E-state index < -0.39 is 54.9 Å². The number of hydrogen-bond donors (Lipinski definition) is 1. The normalized spacial score (nSPS) is 17.3. The van der Waals surface area contributed by atoms with Crippen LogP contribution < -0.4 is 24.6 Å². The number of ether oxygens (including phenoxy) is 2. The van der Waals surface area contributed by atoms with E-state index in [0.29, 0.717) is 5.56 Å². The first-order chi connectivity index (χ1) is 20.3. The molecule has 230 valence electrons. The first kappa shape index (κ1) is 31.4. The van der Waals surface area contributed by atoms with E-state index in [9.17, 15) is 40.3 Å². The van der Waals surface area contributed by atoms with Gasteiger partial charge in [-0.3, -0.25) is 14.5 Å². The predicted octanol–water partition coefficient (Wildman–Crippen LogP) is 5.13. The predicted molar refractivity (Wildman–Crippen MR) is 140 cm³/mol. The van der Waals surface area contributed by atoms with Crippen LogP contribution in [0.3, 0.4) is 0 Å². The Kier molecular flexibility index (Phi) is 9.30. The highest BCUT2D eigenvalue weighted by atomic mass is 19.3. The molecule has 0 bridgehead atoms. The molecule has 5 rings (SSSR count). The standard InChI is InChI=1S/C19H16F5N3O2.C9H9F2NO2/c1-29-11-5-13(21)17(14(22)6-11)10-4-16(28)27(7-10)18-12(20)2-3-15(25-18)26-8-19(23,24)9-26;1-12-8(13)6-2-4-7(5-3-6)14-9(10)11/h2-3,5-6,10H,4,7-9H2,1H3;2-5,9H,1H3,(H,12,13). The Bertz CT molecular complexity index is 1460. The fraction of sp³-hybridized carbons (Fsp3) is 0.321. The van der Waals surface area contributed by atoms with Crippen molar-refractivity contribution in [3.63, 3.8) is 0 Å². The molecule has 2 aliphatic heterocycles.